The van der Waals surface area contributed by atoms with Crippen LogP contribution in [0, 0.1) is 0 Å². The molecule has 90 valence electrons. The summed E-state index contributed by atoms with van der Waals surface area (Å²) in [6.07, 6.45) is -4.75. The van der Waals surface area contributed by atoms with Crippen LogP contribution in [0.3, 0.4) is 0 Å². The molecule has 7 heteroatoms. The summed E-state index contributed by atoms with van der Waals surface area (Å²) in [6.45, 7) is 1.88. The van der Waals surface area contributed by atoms with Crippen LogP contribution in [-0.4, -0.2) is 13.0 Å². The Morgan fingerprint density at radius 3 is 2.50 bits per heavy atom. The zero-order valence-electron chi connectivity index (χ0n) is 8.47. The van der Waals surface area contributed by atoms with Crippen molar-refractivity contribution in [3.63, 3.8) is 0 Å². The summed E-state index contributed by atoms with van der Waals surface area (Å²) in [7, 11) is 0. The van der Waals surface area contributed by atoms with Crippen molar-refractivity contribution >= 4 is 5.69 Å². The molecule has 0 bridgehead atoms. The molecule has 1 aromatic rings. The molecule has 16 heavy (non-hydrogen) atoms. The van der Waals surface area contributed by atoms with Crippen LogP contribution in [0.5, 0.6) is 11.5 Å². The summed E-state index contributed by atoms with van der Waals surface area (Å²) in [4.78, 5) is 0. The van der Waals surface area contributed by atoms with E-state index >= 15 is 0 Å². The minimum atomic E-state index is -4.75. The lowest BCUT2D eigenvalue weighted by Crippen LogP contribution is -2.18. The number of hydrazine groups is 1. The SMILES string of the molecule is CCOc1cc(NN)ccc1OC(F)(F)F. The second-order valence-electron chi connectivity index (χ2n) is 2.79. The van der Waals surface area contributed by atoms with Gasteiger partial charge in [-0.15, -0.1) is 13.2 Å². The Balaban J connectivity index is 2.98. The third kappa shape index (κ3) is 3.50. The quantitative estimate of drug-likeness (QED) is 0.622. The van der Waals surface area contributed by atoms with Crippen molar-refractivity contribution in [3.8, 4) is 11.5 Å². The molecular formula is C9H11F3N2O2. The van der Waals surface area contributed by atoms with Gasteiger partial charge in [-0.25, -0.2) is 0 Å². The van der Waals surface area contributed by atoms with Gasteiger partial charge in [-0.2, -0.15) is 0 Å². The standard InChI is InChI=1S/C9H11F3N2O2/c1-2-15-8-5-6(14-13)3-4-7(8)16-9(10,11)12/h3-5,14H,2,13H2,1H3. The molecule has 0 aliphatic carbocycles. The summed E-state index contributed by atoms with van der Waals surface area (Å²) in [5.41, 5.74) is 2.73. The molecule has 0 radical (unpaired) electrons. The van der Waals surface area contributed by atoms with Gasteiger partial charge in [0.05, 0.1) is 12.3 Å². The highest BCUT2D eigenvalue weighted by molar-refractivity contribution is 5.54. The number of ether oxygens (including phenoxy) is 2. The predicted molar refractivity (Wildman–Crippen MR) is 52.1 cm³/mol. The fourth-order valence-electron chi connectivity index (χ4n) is 1.08. The number of alkyl halides is 3. The third-order valence-corrected chi connectivity index (χ3v) is 1.64. The van der Waals surface area contributed by atoms with Gasteiger partial charge in [-0.1, -0.05) is 0 Å². The summed E-state index contributed by atoms with van der Waals surface area (Å²) in [5.74, 6) is 4.71. The Hall–Kier alpha value is -1.63. The Bertz CT molecular complexity index is 355. The van der Waals surface area contributed by atoms with Crippen LogP contribution in [0.2, 0.25) is 0 Å². The van der Waals surface area contributed by atoms with E-state index in [2.05, 4.69) is 10.2 Å². The molecule has 0 saturated heterocycles. The van der Waals surface area contributed by atoms with Crippen molar-refractivity contribution < 1.29 is 22.6 Å². The molecule has 0 aliphatic heterocycles. The molecule has 0 unspecified atom stereocenters. The smallest absolute Gasteiger partial charge is 0.490 e. The normalized spacial score (nSPS) is 11.1. The Morgan fingerprint density at radius 1 is 1.31 bits per heavy atom. The maximum absolute atomic E-state index is 12.0. The molecule has 3 N–H and O–H groups in total. The number of nitrogens with two attached hydrogens (primary N) is 1. The third-order valence-electron chi connectivity index (χ3n) is 1.64. The lowest BCUT2D eigenvalue weighted by Gasteiger charge is -2.14. The van der Waals surface area contributed by atoms with Gasteiger partial charge >= 0.3 is 6.36 Å². The van der Waals surface area contributed by atoms with Gasteiger partial charge in [-0.05, 0) is 19.1 Å². The highest BCUT2D eigenvalue weighted by atomic mass is 19.4. The Morgan fingerprint density at radius 2 is 2.00 bits per heavy atom. The van der Waals surface area contributed by atoms with Gasteiger partial charge in [0, 0.05) is 6.07 Å². The molecule has 0 amide bonds. The van der Waals surface area contributed by atoms with Crippen molar-refractivity contribution in [1.29, 1.82) is 0 Å². The van der Waals surface area contributed by atoms with Gasteiger partial charge < -0.3 is 14.9 Å². The molecule has 1 aromatic carbocycles. The molecule has 1 rings (SSSR count). The van der Waals surface area contributed by atoms with Crippen LogP contribution in [0.25, 0.3) is 0 Å². The van der Waals surface area contributed by atoms with Gasteiger partial charge in [0.2, 0.25) is 0 Å². The lowest BCUT2D eigenvalue weighted by atomic mass is 10.3. The summed E-state index contributed by atoms with van der Waals surface area (Å²) in [6, 6.07) is 3.81. The molecule has 0 aliphatic rings. The lowest BCUT2D eigenvalue weighted by molar-refractivity contribution is -0.275. The van der Waals surface area contributed by atoms with E-state index in [4.69, 9.17) is 10.6 Å². The number of nitrogen functional groups attached to an aromatic ring is 1. The Kier molecular flexibility index (Phi) is 3.83. The van der Waals surface area contributed by atoms with Crippen LogP contribution in [0.4, 0.5) is 18.9 Å². The minimum absolute atomic E-state index is 0.0183. The largest absolute Gasteiger partial charge is 0.573 e. The van der Waals surface area contributed by atoms with Crippen LogP contribution >= 0.6 is 0 Å². The van der Waals surface area contributed by atoms with Crippen molar-refractivity contribution in [1.82, 2.24) is 0 Å². The fourth-order valence-corrected chi connectivity index (χ4v) is 1.08. The summed E-state index contributed by atoms with van der Waals surface area (Å²) >= 11 is 0. The van der Waals surface area contributed by atoms with E-state index in [1.807, 2.05) is 0 Å². The predicted octanol–water partition coefficient (Wildman–Crippen LogP) is 2.27. The minimum Gasteiger partial charge on any atom is -0.490 e. The number of nitrogens with one attached hydrogen (secondary N) is 1. The maximum Gasteiger partial charge on any atom is 0.573 e. The monoisotopic (exact) mass is 236 g/mol. The van der Waals surface area contributed by atoms with Crippen LogP contribution < -0.4 is 20.7 Å². The van der Waals surface area contributed by atoms with Crippen molar-refractivity contribution in [3.05, 3.63) is 18.2 Å². The second-order valence-corrected chi connectivity index (χ2v) is 2.79. The fraction of sp³-hybridized carbons (Fsp3) is 0.333. The Labute approximate surface area is 90.1 Å². The first-order chi connectivity index (χ1) is 7.46. The number of rotatable bonds is 4. The molecule has 0 fully saturated rings. The first-order valence-electron chi connectivity index (χ1n) is 4.45. The summed E-state index contributed by atoms with van der Waals surface area (Å²) < 4.78 is 44.9. The molecule has 0 atom stereocenters. The molecule has 4 nitrogen and oxygen atoms in total. The highest BCUT2D eigenvalue weighted by Gasteiger charge is 2.32. The molecule has 0 saturated carbocycles. The van der Waals surface area contributed by atoms with Crippen molar-refractivity contribution in [2.24, 2.45) is 5.84 Å². The average Bonchev–Trinajstić information content (AvgIpc) is 2.19. The van der Waals surface area contributed by atoms with Gasteiger partial charge in [0.15, 0.2) is 11.5 Å². The summed E-state index contributed by atoms with van der Waals surface area (Å²) in [5, 5.41) is 0. The van der Waals surface area contributed by atoms with Gasteiger partial charge in [0.1, 0.15) is 0 Å². The molecule has 0 heterocycles. The number of hydrogen-bond acceptors (Lipinski definition) is 4. The maximum atomic E-state index is 12.0. The van der Waals surface area contributed by atoms with E-state index in [9.17, 15) is 13.2 Å². The van der Waals surface area contributed by atoms with Gasteiger partial charge in [-0.3, -0.25) is 5.84 Å². The highest BCUT2D eigenvalue weighted by Crippen LogP contribution is 2.34. The zero-order chi connectivity index (χ0) is 12.2. The van der Waals surface area contributed by atoms with E-state index in [1.165, 1.54) is 12.1 Å². The number of benzene rings is 1. The first kappa shape index (κ1) is 12.4. The number of halogens is 3. The van der Waals surface area contributed by atoms with E-state index in [0.29, 0.717) is 5.69 Å². The van der Waals surface area contributed by atoms with E-state index < -0.39 is 12.1 Å². The number of anilines is 1. The molecule has 0 spiro atoms. The van der Waals surface area contributed by atoms with Crippen LogP contribution in [0.1, 0.15) is 6.92 Å². The van der Waals surface area contributed by atoms with Gasteiger partial charge in [0.25, 0.3) is 0 Å². The van der Waals surface area contributed by atoms with Crippen molar-refractivity contribution in [2.45, 2.75) is 13.3 Å². The van der Waals surface area contributed by atoms with Crippen LogP contribution in [0.15, 0.2) is 18.2 Å². The van der Waals surface area contributed by atoms with Crippen molar-refractivity contribution in [2.75, 3.05) is 12.0 Å². The first-order valence-corrected chi connectivity index (χ1v) is 4.45. The average molecular weight is 236 g/mol. The van der Waals surface area contributed by atoms with E-state index in [1.54, 1.807) is 6.92 Å². The zero-order valence-corrected chi connectivity index (χ0v) is 8.47. The van der Waals surface area contributed by atoms with Crippen LogP contribution in [-0.2, 0) is 0 Å². The topological polar surface area (TPSA) is 56.5 Å². The van der Waals surface area contributed by atoms with E-state index in [-0.39, 0.29) is 12.4 Å². The molecule has 0 aromatic heterocycles. The second kappa shape index (κ2) is 4.93. The molecular weight excluding hydrogens is 225 g/mol. The number of hydrogen-bond donors (Lipinski definition) is 2. The van der Waals surface area contributed by atoms with E-state index in [0.717, 1.165) is 6.07 Å².